The average molecular weight is 315 g/mol. The third kappa shape index (κ3) is 4.30. The number of aryl methyl sites for hydroxylation is 1. The van der Waals surface area contributed by atoms with E-state index in [2.05, 4.69) is 44.7 Å². The van der Waals surface area contributed by atoms with Gasteiger partial charge in [0.25, 0.3) is 0 Å². The van der Waals surface area contributed by atoms with Gasteiger partial charge in [-0.1, -0.05) is 31.5 Å². The smallest absolute Gasteiger partial charge is 0.189 e. The van der Waals surface area contributed by atoms with Gasteiger partial charge in [0.15, 0.2) is 5.16 Å². The maximum Gasteiger partial charge on any atom is 0.189 e. The second-order valence-corrected chi connectivity index (χ2v) is 5.40. The SMILES string of the molecule is CCSc1nc(C)c(Br)c(C#CC(O)CC)n1. The minimum atomic E-state index is -0.598. The number of rotatable bonds is 3. The molecule has 17 heavy (non-hydrogen) atoms. The molecule has 1 rings (SSSR count). The van der Waals surface area contributed by atoms with Crippen molar-refractivity contribution in [3.8, 4) is 11.8 Å². The maximum absolute atomic E-state index is 9.41. The molecule has 0 aromatic carbocycles. The third-order valence-electron chi connectivity index (χ3n) is 2.01. The van der Waals surface area contributed by atoms with Crippen LogP contribution in [0, 0.1) is 18.8 Å². The van der Waals surface area contributed by atoms with Crippen LogP contribution in [0.1, 0.15) is 31.7 Å². The molecule has 1 aromatic rings. The van der Waals surface area contributed by atoms with Gasteiger partial charge in [0.2, 0.25) is 0 Å². The van der Waals surface area contributed by atoms with E-state index in [1.54, 1.807) is 11.8 Å². The summed E-state index contributed by atoms with van der Waals surface area (Å²) < 4.78 is 0.800. The van der Waals surface area contributed by atoms with E-state index in [1.807, 2.05) is 13.8 Å². The fourth-order valence-electron chi connectivity index (χ4n) is 1.06. The molecule has 0 aliphatic heterocycles. The Kier molecular flexibility index (Phi) is 5.96. The molecule has 0 saturated heterocycles. The van der Waals surface area contributed by atoms with E-state index in [9.17, 15) is 5.11 Å². The van der Waals surface area contributed by atoms with Gasteiger partial charge in [0, 0.05) is 0 Å². The van der Waals surface area contributed by atoms with Gasteiger partial charge in [0.1, 0.15) is 11.8 Å². The molecule has 0 spiro atoms. The van der Waals surface area contributed by atoms with Crippen LogP contribution in [0.3, 0.4) is 0 Å². The highest BCUT2D eigenvalue weighted by Crippen LogP contribution is 2.21. The summed E-state index contributed by atoms with van der Waals surface area (Å²) in [6.45, 7) is 5.85. The Morgan fingerprint density at radius 3 is 2.71 bits per heavy atom. The predicted octanol–water partition coefficient (Wildman–Crippen LogP) is 2.78. The van der Waals surface area contributed by atoms with Gasteiger partial charge < -0.3 is 5.11 Å². The largest absolute Gasteiger partial charge is 0.380 e. The number of aromatic nitrogens is 2. The molecule has 0 bridgehead atoms. The highest BCUT2D eigenvalue weighted by Gasteiger charge is 2.07. The van der Waals surface area contributed by atoms with Crippen LogP contribution in [0.25, 0.3) is 0 Å². The van der Waals surface area contributed by atoms with Crippen molar-refractivity contribution in [2.45, 2.75) is 38.5 Å². The van der Waals surface area contributed by atoms with Crippen LogP contribution >= 0.6 is 27.7 Å². The first kappa shape index (κ1) is 14.5. The summed E-state index contributed by atoms with van der Waals surface area (Å²) in [6.07, 6.45) is 0.0186. The van der Waals surface area contributed by atoms with Gasteiger partial charge in [-0.3, -0.25) is 0 Å². The normalized spacial score (nSPS) is 11.8. The lowest BCUT2D eigenvalue weighted by molar-refractivity contribution is 0.228. The van der Waals surface area contributed by atoms with Crippen molar-refractivity contribution in [2.24, 2.45) is 0 Å². The summed E-state index contributed by atoms with van der Waals surface area (Å²) in [4.78, 5) is 8.69. The summed E-state index contributed by atoms with van der Waals surface area (Å²) in [6, 6.07) is 0. The molecule has 1 atom stereocenters. The Bertz CT molecular complexity index is 454. The zero-order valence-electron chi connectivity index (χ0n) is 10.1. The van der Waals surface area contributed by atoms with E-state index in [1.165, 1.54) is 0 Å². The summed E-state index contributed by atoms with van der Waals surface area (Å²) in [7, 11) is 0. The standard InChI is InChI=1S/C12H15BrN2OS/c1-4-9(16)6-7-10-11(13)8(3)14-12(15-10)17-5-2/h9,16H,4-5H2,1-3H3. The van der Waals surface area contributed by atoms with Crippen LogP contribution in [0.15, 0.2) is 9.63 Å². The van der Waals surface area contributed by atoms with E-state index in [4.69, 9.17) is 0 Å². The van der Waals surface area contributed by atoms with Crippen molar-refractivity contribution in [3.05, 3.63) is 15.9 Å². The molecule has 0 aliphatic carbocycles. The van der Waals surface area contributed by atoms with E-state index < -0.39 is 6.10 Å². The van der Waals surface area contributed by atoms with Gasteiger partial charge in [-0.2, -0.15) is 0 Å². The Labute approximate surface area is 115 Å². The van der Waals surface area contributed by atoms with E-state index in [-0.39, 0.29) is 0 Å². The quantitative estimate of drug-likeness (QED) is 0.529. The number of thioether (sulfide) groups is 1. The number of hydrogen-bond donors (Lipinski definition) is 1. The first-order valence-corrected chi connectivity index (χ1v) is 7.22. The fraction of sp³-hybridized carbons (Fsp3) is 0.500. The molecule has 1 N–H and O–H groups in total. The molecule has 1 unspecified atom stereocenters. The molecule has 3 nitrogen and oxygen atoms in total. The van der Waals surface area contributed by atoms with Crippen molar-refractivity contribution in [3.63, 3.8) is 0 Å². The Balaban J connectivity index is 3.07. The van der Waals surface area contributed by atoms with Crippen LogP contribution < -0.4 is 0 Å². The number of nitrogens with zero attached hydrogens (tertiary/aromatic N) is 2. The van der Waals surface area contributed by atoms with Crippen molar-refractivity contribution in [1.82, 2.24) is 9.97 Å². The zero-order chi connectivity index (χ0) is 12.8. The second kappa shape index (κ2) is 7.00. The topological polar surface area (TPSA) is 46.0 Å². The van der Waals surface area contributed by atoms with Gasteiger partial charge >= 0.3 is 0 Å². The molecular formula is C12H15BrN2OS. The van der Waals surface area contributed by atoms with Crippen LogP contribution in [0.2, 0.25) is 0 Å². The minimum absolute atomic E-state index is 0.598. The first-order chi connectivity index (χ1) is 8.08. The lowest BCUT2D eigenvalue weighted by Crippen LogP contribution is -2.01. The zero-order valence-corrected chi connectivity index (χ0v) is 12.5. The molecular weight excluding hydrogens is 300 g/mol. The number of aliphatic hydroxyl groups is 1. The molecule has 0 aliphatic rings. The summed E-state index contributed by atoms with van der Waals surface area (Å²) in [5.74, 6) is 6.58. The Hall–Kier alpha value is -0.570. The molecule has 0 saturated carbocycles. The Morgan fingerprint density at radius 1 is 1.41 bits per heavy atom. The van der Waals surface area contributed by atoms with Crippen LogP contribution in [0.5, 0.6) is 0 Å². The third-order valence-corrected chi connectivity index (χ3v) is 3.69. The fourth-order valence-corrected chi connectivity index (χ4v) is 1.96. The lowest BCUT2D eigenvalue weighted by Gasteiger charge is -2.04. The Morgan fingerprint density at radius 2 is 2.12 bits per heavy atom. The summed E-state index contributed by atoms with van der Waals surface area (Å²) >= 11 is 5.00. The molecule has 92 valence electrons. The maximum atomic E-state index is 9.41. The number of hydrogen-bond acceptors (Lipinski definition) is 4. The summed E-state index contributed by atoms with van der Waals surface area (Å²) in [5, 5.41) is 10.1. The monoisotopic (exact) mass is 314 g/mol. The number of aliphatic hydroxyl groups excluding tert-OH is 1. The second-order valence-electron chi connectivity index (χ2n) is 3.38. The van der Waals surface area contributed by atoms with Gasteiger partial charge in [-0.25, -0.2) is 9.97 Å². The van der Waals surface area contributed by atoms with E-state index in [0.29, 0.717) is 12.1 Å². The van der Waals surface area contributed by atoms with Crippen molar-refractivity contribution in [1.29, 1.82) is 0 Å². The minimum Gasteiger partial charge on any atom is -0.380 e. The molecule has 0 radical (unpaired) electrons. The van der Waals surface area contributed by atoms with Gasteiger partial charge in [0.05, 0.1) is 10.2 Å². The highest BCUT2D eigenvalue weighted by atomic mass is 79.9. The van der Waals surface area contributed by atoms with Crippen LogP contribution in [0.4, 0.5) is 0 Å². The first-order valence-electron chi connectivity index (χ1n) is 5.45. The van der Waals surface area contributed by atoms with Crippen LogP contribution in [-0.4, -0.2) is 26.9 Å². The molecule has 1 aromatic heterocycles. The van der Waals surface area contributed by atoms with E-state index >= 15 is 0 Å². The molecule has 0 amide bonds. The highest BCUT2D eigenvalue weighted by molar-refractivity contribution is 9.10. The van der Waals surface area contributed by atoms with Gasteiger partial charge in [-0.05, 0) is 40.9 Å². The van der Waals surface area contributed by atoms with E-state index in [0.717, 1.165) is 21.1 Å². The van der Waals surface area contributed by atoms with Crippen LogP contribution in [-0.2, 0) is 0 Å². The lowest BCUT2D eigenvalue weighted by atomic mass is 10.2. The van der Waals surface area contributed by atoms with Crippen molar-refractivity contribution >= 4 is 27.7 Å². The molecule has 5 heteroatoms. The summed E-state index contributed by atoms with van der Waals surface area (Å²) in [5.41, 5.74) is 1.51. The van der Waals surface area contributed by atoms with Gasteiger partial charge in [-0.15, -0.1) is 0 Å². The van der Waals surface area contributed by atoms with Crippen molar-refractivity contribution in [2.75, 3.05) is 5.75 Å². The average Bonchev–Trinajstić information content (AvgIpc) is 2.31. The molecule has 0 fully saturated rings. The van der Waals surface area contributed by atoms with Crippen molar-refractivity contribution < 1.29 is 5.11 Å². The number of halogens is 1. The molecule has 1 heterocycles. The predicted molar refractivity (Wildman–Crippen MR) is 74.0 cm³/mol.